The minimum Gasteiger partial charge on any atom is -0.507 e. The number of phenolic OH excluding ortho intramolecular Hbond substituents is 2. The summed E-state index contributed by atoms with van der Waals surface area (Å²) in [6.07, 6.45) is 4.31. The van der Waals surface area contributed by atoms with E-state index in [9.17, 15) is 10.2 Å². The summed E-state index contributed by atoms with van der Waals surface area (Å²) >= 11 is 0. The van der Waals surface area contributed by atoms with E-state index in [-0.39, 0.29) is 28.9 Å². The van der Waals surface area contributed by atoms with Gasteiger partial charge >= 0.3 is 6.01 Å². The van der Waals surface area contributed by atoms with E-state index < -0.39 is 0 Å². The zero-order valence-electron chi connectivity index (χ0n) is 24.2. The molecule has 0 aliphatic heterocycles. The Labute approximate surface area is 245 Å². The molecule has 6 aromatic rings. The first-order valence-electron chi connectivity index (χ1n) is 14.8. The van der Waals surface area contributed by atoms with Gasteiger partial charge in [-0.25, -0.2) is 4.98 Å². The highest BCUT2D eigenvalue weighted by molar-refractivity contribution is 6.25. The molecule has 0 radical (unpaired) electrons. The molecule has 214 valence electrons. The number of aromatic nitrogens is 3. The average molecular weight is 562 g/mol. The van der Waals surface area contributed by atoms with Gasteiger partial charge in [-0.2, -0.15) is 9.97 Å². The number of unbranched alkanes of at least 4 members (excludes halogenated alkanes) is 1. The lowest BCUT2D eigenvalue weighted by molar-refractivity contribution is 0.217. The zero-order chi connectivity index (χ0) is 29.2. The summed E-state index contributed by atoms with van der Waals surface area (Å²) in [5, 5.41) is 28.7. The Hall–Kier alpha value is -4.65. The van der Waals surface area contributed by atoms with Gasteiger partial charge in [-0.15, -0.1) is 0 Å². The van der Waals surface area contributed by atoms with Gasteiger partial charge in [-0.3, -0.25) is 0 Å². The van der Waals surface area contributed by atoms with E-state index in [1.54, 1.807) is 0 Å². The van der Waals surface area contributed by atoms with Crippen molar-refractivity contribution in [2.75, 3.05) is 13.2 Å². The summed E-state index contributed by atoms with van der Waals surface area (Å²) in [6.45, 7) is 7.06. The van der Waals surface area contributed by atoms with Gasteiger partial charge in [0.1, 0.15) is 22.8 Å². The number of hydrogen-bond donors (Lipinski definition) is 2. The fourth-order valence-corrected chi connectivity index (χ4v) is 5.74. The number of rotatable bonds is 11. The van der Waals surface area contributed by atoms with Crippen LogP contribution in [0.5, 0.6) is 23.3 Å². The highest BCUT2D eigenvalue weighted by atomic mass is 16.5. The van der Waals surface area contributed by atoms with E-state index in [0.29, 0.717) is 30.7 Å². The van der Waals surface area contributed by atoms with Gasteiger partial charge in [-0.1, -0.05) is 81.6 Å². The van der Waals surface area contributed by atoms with E-state index >= 15 is 0 Å². The first-order valence-corrected chi connectivity index (χ1v) is 14.8. The van der Waals surface area contributed by atoms with Crippen LogP contribution in [-0.2, 0) is 0 Å². The third-order valence-electron chi connectivity index (χ3n) is 7.98. The lowest BCUT2D eigenvalue weighted by Gasteiger charge is -2.17. The molecule has 0 aliphatic rings. The van der Waals surface area contributed by atoms with Crippen molar-refractivity contribution in [1.82, 2.24) is 15.0 Å². The summed E-state index contributed by atoms with van der Waals surface area (Å²) in [5.41, 5.74) is 0.917. The van der Waals surface area contributed by atoms with E-state index in [1.165, 1.54) is 28.3 Å². The van der Waals surface area contributed by atoms with Gasteiger partial charge in [0.25, 0.3) is 0 Å². The molecular weight excluding hydrogens is 526 g/mol. The Balaban J connectivity index is 1.52. The van der Waals surface area contributed by atoms with Crippen LogP contribution in [0.3, 0.4) is 0 Å². The Morgan fingerprint density at radius 3 is 2.10 bits per heavy atom. The molecule has 5 aromatic carbocycles. The van der Waals surface area contributed by atoms with Crippen molar-refractivity contribution < 1.29 is 19.7 Å². The molecule has 2 N–H and O–H groups in total. The number of nitrogens with zero attached hydrogens (tertiary/aromatic N) is 3. The third-order valence-corrected chi connectivity index (χ3v) is 7.98. The maximum Gasteiger partial charge on any atom is 0.320 e. The minimum atomic E-state index is -0.189. The molecule has 0 amide bonds. The molecule has 0 saturated heterocycles. The highest BCUT2D eigenvalue weighted by Crippen LogP contribution is 2.42. The van der Waals surface area contributed by atoms with Gasteiger partial charge in [0.15, 0.2) is 11.6 Å². The monoisotopic (exact) mass is 561 g/mol. The Kier molecular flexibility index (Phi) is 7.66. The summed E-state index contributed by atoms with van der Waals surface area (Å²) in [6, 6.07) is 22.0. The van der Waals surface area contributed by atoms with E-state index in [2.05, 4.69) is 67.4 Å². The van der Waals surface area contributed by atoms with Crippen LogP contribution in [0, 0.1) is 5.92 Å². The molecular formula is C35H35N3O4. The lowest BCUT2D eigenvalue weighted by Crippen LogP contribution is -2.13. The fourth-order valence-electron chi connectivity index (χ4n) is 5.74. The highest BCUT2D eigenvalue weighted by Gasteiger charge is 2.21. The number of aromatic hydroxyl groups is 2. The molecule has 7 heteroatoms. The van der Waals surface area contributed by atoms with E-state index in [0.717, 1.165) is 47.4 Å². The maximum absolute atomic E-state index is 10.9. The molecule has 42 heavy (non-hydrogen) atoms. The zero-order valence-corrected chi connectivity index (χ0v) is 24.2. The number of hydrogen-bond acceptors (Lipinski definition) is 7. The first-order chi connectivity index (χ1) is 20.5. The molecule has 6 rings (SSSR count). The van der Waals surface area contributed by atoms with Crippen LogP contribution in [0.25, 0.3) is 55.1 Å². The van der Waals surface area contributed by atoms with E-state index in [1.807, 2.05) is 13.0 Å². The van der Waals surface area contributed by atoms with Crippen LogP contribution < -0.4 is 9.47 Å². The second kappa shape index (κ2) is 11.7. The van der Waals surface area contributed by atoms with Crippen molar-refractivity contribution in [3.05, 3.63) is 66.7 Å². The molecule has 0 fully saturated rings. The predicted octanol–water partition coefficient (Wildman–Crippen LogP) is 8.51. The molecule has 1 heterocycles. The smallest absolute Gasteiger partial charge is 0.320 e. The predicted molar refractivity (Wildman–Crippen MR) is 168 cm³/mol. The molecule has 0 aliphatic carbocycles. The van der Waals surface area contributed by atoms with Gasteiger partial charge in [0.2, 0.25) is 0 Å². The molecule has 1 atom stereocenters. The number of benzene rings is 5. The number of ether oxygens (including phenoxy) is 2. The largest absolute Gasteiger partial charge is 0.507 e. The lowest BCUT2D eigenvalue weighted by atomic mass is 9.92. The van der Waals surface area contributed by atoms with Crippen LogP contribution in [0.2, 0.25) is 0 Å². The first kappa shape index (κ1) is 27.5. The second-order valence-corrected chi connectivity index (χ2v) is 10.7. The van der Waals surface area contributed by atoms with Crippen molar-refractivity contribution in [1.29, 1.82) is 0 Å². The Bertz CT molecular complexity index is 1830. The average Bonchev–Trinajstić information content (AvgIpc) is 2.99. The number of phenols is 2. The summed E-state index contributed by atoms with van der Waals surface area (Å²) < 4.78 is 11.7. The maximum atomic E-state index is 10.9. The molecule has 0 saturated carbocycles. The third kappa shape index (κ3) is 5.11. The van der Waals surface area contributed by atoms with Gasteiger partial charge in [0, 0.05) is 17.7 Å². The fraction of sp³-hybridized carbons (Fsp3) is 0.286. The van der Waals surface area contributed by atoms with Crippen LogP contribution in [-0.4, -0.2) is 38.4 Å². The van der Waals surface area contributed by atoms with Crippen LogP contribution in [0.15, 0.2) is 66.7 Å². The second-order valence-electron chi connectivity index (χ2n) is 10.7. The van der Waals surface area contributed by atoms with Crippen molar-refractivity contribution in [2.45, 2.75) is 46.5 Å². The van der Waals surface area contributed by atoms with E-state index in [4.69, 9.17) is 19.4 Å². The van der Waals surface area contributed by atoms with Gasteiger partial charge < -0.3 is 19.7 Å². The van der Waals surface area contributed by atoms with Crippen LogP contribution >= 0.6 is 0 Å². The summed E-state index contributed by atoms with van der Waals surface area (Å²) in [7, 11) is 0. The quantitative estimate of drug-likeness (QED) is 0.153. The summed E-state index contributed by atoms with van der Waals surface area (Å²) in [4.78, 5) is 14.1. The Morgan fingerprint density at radius 1 is 0.738 bits per heavy atom. The van der Waals surface area contributed by atoms with Crippen molar-refractivity contribution in [2.24, 2.45) is 5.92 Å². The summed E-state index contributed by atoms with van der Waals surface area (Å²) in [5.74, 6) is 0.881. The van der Waals surface area contributed by atoms with Gasteiger partial charge in [-0.05, 0) is 57.6 Å². The van der Waals surface area contributed by atoms with Crippen LogP contribution in [0.1, 0.15) is 46.5 Å². The van der Waals surface area contributed by atoms with Crippen molar-refractivity contribution in [3.8, 4) is 46.0 Å². The molecule has 7 nitrogen and oxygen atoms in total. The molecule has 0 bridgehead atoms. The Morgan fingerprint density at radius 2 is 1.40 bits per heavy atom. The van der Waals surface area contributed by atoms with Gasteiger partial charge in [0.05, 0.1) is 13.2 Å². The van der Waals surface area contributed by atoms with Crippen molar-refractivity contribution in [3.63, 3.8) is 0 Å². The van der Waals surface area contributed by atoms with Crippen molar-refractivity contribution >= 4 is 32.3 Å². The minimum absolute atomic E-state index is 0.0997. The molecule has 0 spiro atoms. The normalized spacial score (nSPS) is 12.4. The standard InChI is InChI=1S/C35H35N3O4/c1-4-7-9-21(5-2)20-42-35-37-33(36-34(38-35)32-28(39)18-25(41-6-3)19-29(32)40)27-17-15-24-13-12-22-10-8-11-23-14-16-26(27)31(24)30(22)23/h8,10-19,21,39-40H,4-7,9,20H2,1-3H3. The molecule has 1 unspecified atom stereocenters. The SMILES string of the molecule is CCCCC(CC)COc1nc(-c2c(O)cc(OCC)cc2O)nc(-c2ccc3ccc4cccc5ccc2c3c45)n1. The topological polar surface area (TPSA) is 97.6 Å². The molecule has 1 aromatic heterocycles. The van der Waals surface area contributed by atoms with Crippen LogP contribution in [0.4, 0.5) is 0 Å².